The Labute approximate surface area is 144 Å². The molecule has 0 unspecified atom stereocenters. The zero-order valence-electron chi connectivity index (χ0n) is 11.8. The summed E-state index contributed by atoms with van der Waals surface area (Å²) >= 11 is 0. The molecule has 2 rings (SSSR count). The second kappa shape index (κ2) is 10.2. The van der Waals surface area contributed by atoms with Crippen molar-refractivity contribution in [3.63, 3.8) is 0 Å². The first-order valence-corrected chi connectivity index (χ1v) is 5.47. The van der Waals surface area contributed by atoms with Crippen molar-refractivity contribution in [3.8, 4) is 0 Å². The van der Waals surface area contributed by atoms with Crippen LogP contribution in [0.3, 0.4) is 0 Å². The molecule has 0 aliphatic heterocycles. The topological polar surface area (TPSA) is 0 Å². The van der Waals surface area contributed by atoms with Gasteiger partial charge in [-0.2, -0.15) is 17.2 Å². The molecule has 0 radical (unpaired) electrons. The van der Waals surface area contributed by atoms with E-state index in [2.05, 4.69) is 52.8 Å². The summed E-state index contributed by atoms with van der Waals surface area (Å²) in [4.78, 5) is 0. The van der Waals surface area contributed by atoms with Crippen LogP contribution in [0.2, 0.25) is 0 Å². The summed E-state index contributed by atoms with van der Waals surface area (Å²) in [5, 5.41) is 0. The monoisotopic (exact) mass is 362 g/mol. The van der Waals surface area contributed by atoms with Crippen LogP contribution in [0.4, 0.5) is 0 Å². The van der Waals surface area contributed by atoms with Crippen LogP contribution in [0, 0.1) is 17.6 Å². The zero-order chi connectivity index (χ0) is 11.5. The Bertz CT molecular complexity index is 351. The van der Waals surface area contributed by atoms with Crippen molar-refractivity contribution in [2.24, 2.45) is 5.41 Å². The minimum absolute atomic E-state index is 0. The molecule has 0 saturated carbocycles. The van der Waals surface area contributed by atoms with Crippen LogP contribution in [0.5, 0.6) is 0 Å². The fourth-order valence-electron chi connectivity index (χ4n) is 1.75. The summed E-state index contributed by atoms with van der Waals surface area (Å²) in [6, 6.07) is 0. The minimum Gasteiger partial charge on any atom is -0.273 e. The summed E-state index contributed by atoms with van der Waals surface area (Å²) in [6.07, 6.45) is 13.4. The molecule has 0 fully saturated rings. The fourth-order valence-corrected chi connectivity index (χ4v) is 1.75. The predicted molar refractivity (Wildman–Crippen MR) is 80.7 cm³/mol. The van der Waals surface area contributed by atoms with Gasteiger partial charge in [-0.05, 0) is 0 Å². The predicted octanol–water partition coefficient (Wildman–Crippen LogP) is 5.26. The van der Waals surface area contributed by atoms with Crippen molar-refractivity contribution in [1.82, 2.24) is 0 Å². The third kappa shape index (κ3) is 6.55. The van der Waals surface area contributed by atoms with E-state index in [1.165, 1.54) is 16.7 Å². The quantitative estimate of drug-likeness (QED) is 0.515. The summed E-state index contributed by atoms with van der Waals surface area (Å²) < 4.78 is 0. The van der Waals surface area contributed by atoms with Gasteiger partial charge < -0.3 is 0 Å². The Morgan fingerprint density at radius 1 is 1.11 bits per heavy atom. The maximum absolute atomic E-state index is 3.44. The Balaban J connectivity index is -0.000000245. The summed E-state index contributed by atoms with van der Waals surface area (Å²) in [6.45, 7) is 10.9. The Hall–Kier alpha value is 0.423. The molecular formula is C15H22Cl2Zr. The number of hydrogen-bond acceptors (Lipinski definition) is 0. The molecule has 18 heavy (non-hydrogen) atoms. The van der Waals surface area contributed by atoms with E-state index < -0.39 is 0 Å². The van der Waals surface area contributed by atoms with Gasteiger partial charge in [0.25, 0.3) is 0 Å². The van der Waals surface area contributed by atoms with Gasteiger partial charge in [0.15, 0.2) is 0 Å². The minimum atomic E-state index is 0. The smallest absolute Gasteiger partial charge is 0.273 e. The first-order chi connectivity index (χ1) is 6.95. The molecule has 0 amide bonds. The first kappa shape index (κ1) is 23.5. The van der Waals surface area contributed by atoms with Crippen LogP contribution in [0.15, 0.2) is 34.9 Å². The zero-order valence-corrected chi connectivity index (χ0v) is 15.8. The van der Waals surface area contributed by atoms with E-state index in [4.69, 9.17) is 0 Å². The van der Waals surface area contributed by atoms with Crippen molar-refractivity contribution in [1.29, 1.82) is 0 Å². The molecule has 0 atom stereocenters. The SMILES string of the molecule is CC1=[C-]C(C)(C)C(C)=C1C.Cl.Cl.[C-]1=CC=CC1.[Zr+2]. The Morgan fingerprint density at radius 3 is 1.78 bits per heavy atom. The molecule has 0 aromatic rings. The Morgan fingerprint density at radius 2 is 1.67 bits per heavy atom. The van der Waals surface area contributed by atoms with Crippen molar-refractivity contribution in [2.75, 3.05) is 0 Å². The molecule has 3 heteroatoms. The van der Waals surface area contributed by atoms with Crippen LogP contribution in [-0.2, 0) is 26.2 Å². The van der Waals surface area contributed by atoms with Gasteiger partial charge in [0.05, 0.1) is 0 Å². The second-order valence-corrected chi connectivity index (χ2v) is 4.63. The number of rotatable bonds is 0. The van der Waals surface area contributed by atoms with Gasteiger partial charge in [-0.15, -0.1) is 38.2 Å². The molecule has 0 spiro atoms. The molecule has 0 nitrogen and oxygen atoms in total. The largest absolute Gasteiger partial charge is 2.00 e. The van der Waals surface area contributed by atoms with Gasteiger partial charge in [-0.25, -0.2) is 17.7 Å². The number of hydrogen-bond donors (Lipinski definition) is 0. The normalized spacial score (nSPS) is 17.9. The van der Waals surface area contributed by atoms with Gasteiger partial charge in [-0.3, -0.25) is 12.2 Å². The number of allylic oxidation sites excluding steroid dienone is 8. The van der Waals surface area contributed by atoms with Crippen LogP contribution in [-0.4, -0.2) is 0 Å². The molecule has 0 N–H and O–H groups in total. The van der Waals surface area contributed by atoms with Crippen molar-refractivity contribution in [3.05, 3.63) is 47.1 Å². The summed E-state index contributed by atoms with van der Waals surface area (Å²) in [5.41, 5.74) is 4.39. The van der Waals surface area contributed by atoms with Crippen molar-refractivity contribution >= 4 is 24.8 Å². The third-order valence-electron chi connectivity index (χ3n) is 3.15. The van der Waals surface area contributed by atoms with E-state index in [0.717, 1.165) is 6.42 Å². The molecule has 0 heterocycles. The average molecular weight is 364 g/mol. The molecule has 100 valence electrons. The van der Waals surface area contributed by atoms with E-state index in [0.29, 0.717) is 0 Å². The molecule has 2 aliphatic carbocycles. The van der Waals surface area contributed by atoms with Crippen LogP contribution in [0.25, 0.3) is 0 Å². The van der Waals surface area contributed by atoms with Crippen molar-refractivity contribution < 1.29 is 26.2 Å². The molecule has 2 aliphatic rings. The van der Waals surface area contributed by atoms with Gasteiger partial charge in [0.1, 0.15) is 0 Å². The van der Waals surface area contributed by atoms with Crippen LogP contribution in [0.1, 0.15) is 41.0 Å². The molecule has 0 aromatic carbocycles. The molecular weight excluding hydrogens is 342 g/mol. The van der Waals surface area contributed by atoms with Crippen LogP contribution >= 0.6 is 24.8 Å². The summed E-state index contributed by atoms with van der Waals surface area (Å²) in [7, 11) is 0. The molecule has 0 aromatic heterocycles. The van der Waals surface area contributed by atoms with Gasteiger partial charge in [0, 0.05) is 0 Å². The van der Waals surface area contributed by atoms with E-state index in [1.807, 2.05) is 12.2 Å². The number of halogens is 2. The third-order valence-corrected chi connectivity index (χ3v) is 3.15. The maximum Gasteiger partial charge on any atom is 2.00 e. The van der Waals surface area contributed by atoms with Crippen molar-refractivity contribution in [2.45, 2.75) is 41.0 Å². The van der Waals surface area contributed by atoms with E-state index in [-0.39, 0.29) is 56.4 Å². The fraction of sp³-hybridized carbons (Fsp3) is 0.467. The Kier molecular flexibility index (Phi) is 13.4. The molecule has 0 bridgehead atoms. The van der Waals surface area contributed by atoms with Gasteiger partial charge in [0.2, 0.25) is 0 Å². The first-order valence-electron chi connectivity index (χ1n) is 5.47. The van der Waals surface area contributed by atoms with E-state index >= 15 is 0 Å². The second-order valence-electron chi connectivity index (χ2n) is 4.63. The van der Waals surface area contributed by atoms with E-state index in [1.54, 1.807) is 0 Å². The average Bonchev–Trinajstić information content (AvgIpc) is 2.76. The summed E-state index contributed by atoms with van der Waals surface area (Å²) in [5.74, 6) is 0. The maximum atomic E-state index is 3.44. The van der Waals surface area contributed by atoms with Crippen LogP contribution < -0.4 is 0 Å². The van der Waals surface area contributed by atoms with Gasteiger partial charge in [-0.1, -0.05) is 33.1 Å². The van der Waals surface area contributed by atoms with Gasteiger partial charge >= 0.3 is 26.2 Å². The molecule has 0 saturated heterocycles. The standard InChI is InChI=1S/C10H15.C5H5.2ClH.Zr/c1-7-6-10(4,5)9(3)8(7)2;1-2-4-5-3-1;;;/h1-5H3;1-3H,4H2;2*1H;/q2*-1;;;+2. The van der Waals surface area contributed by atoms with E-state index in [9.17, 15) is 0 Å².